The van der Waals surface area contributed by atoms with Crippen LogP contribution in [-0.2, 0) is 27.3 Å². The van der Waals surface area contributed by atoms with Crippen LogP contribution < -0.4 is 0 Å². The second-order valence-electron chi connectivity index (χ2n) is 7.32. The minimum absolute atomic E-state index is 0.101. The summed E-state index contributed by atoms with van der Waals surface area (Å²) in [5.41, 5.74) is 2.00. The predicted octanol–water partition coefficient (Wildman–Crippen LogP) is 1.68. The molecule has 0 aromatic carbocycles. The van der Waals surface area contributed by atoms with Gasteiger partial charge in [-0.05, 0) is 25.7 Å². The normalized spacial score (nSPS) is 26.5. The van der Waals surface area contributed by atoms with Crippen molar-refractivity contribution in [2.24, 2.45) is 5.41 Å². The fourth-order valence-electron chi connectivity index (χ4n) is 4.76. The van der Waals surface area contributed by atoms with Crippen molar-refractivity contribution in [3.8, 4) is 0 Å². The molecule has 2 fully saturated rings. The molecular weight excluding hydrogens is 366 g/mol. The second-order valence-corrected chi connectivity index (χ2v) is 8.04. The number of fused-ring (bicyclic) bond motifs is 2. The molecule has 8 nitrogen and oxygen atoms in total. The first-order valence-electron chi connectivity index (χ1n) is 9.23. The molecule has 144 valence electrons. The molecule has 0 aliphatic carbocycles. The standard InChI is InChI=1S/C18H23N5O3S/c1-26-17(25)18(7-13-9-27-12-20-13)8-14-4-5-15(18)23(14)16(24)3-2-6-22-11-19-10-21-22/h9-12,14-15H,2-8H2,1H3/t14-,15+,18+/m1/s1. The number of hydrogen-bond acceptors (Lipinski definition) is 7. The van der Waals surface area contributed by atoms with Crippen LogP contribution >= 0.6 is 11.3 Å². The van der Waals surface area contributed by atoms with Gasteiger partial charge in [-0.2, -0.15) is 5.10 Å². The van der Waals surface area contributed by atoms with Crippen LogP contribution in [0.2, 0.25) is 0 Å². The van der Waals surface area contributed by atoms with E-state index in [0.717, 1.165) is 18.5 Å². The van der Waals surface area contributed by atoms with Gasteiger partial charge in [-0.25, -0.2) is 9.97 Å². The summed E-state index contributed by atoms with van der Waals surface area (Å²) in [6.45, 7) is 0.663. The van der Waals surface area contributed by atoms with Gasteiger partial charge in [0.05, 0.1) is 23.7 Å². The van der Waals surface area contributed by atoms with Crippen molar-refractivity contribution in [1.82, 2.24) is 24.6 Å². The molecule has 0 unspecified atom stereocenters. The number of aryl methyl sites for hydroxylation is 1. The third-order valence-electron chi connectivity index (χ3n) is 5.84. The van der Waals surface area contributed by atoms with Crippen molar-refractivity contribution < 1.29 is 14.3 Å². The number of amides is 1. The summed E-state index contributed by atoms with van der Waals surface area (Å²) in [4.78, 5) is 36.0. The summed E-state index contributed by atoms with van der Waals surface area (Å²) in [6, 6.07) is 0.0159. The average molecular weight is 389 g/mol. The van der Waals surface area contributed by atoms with E-state index in [2.05, 4.69) is 15.1 Å². The Morgan fingerprint density at radius 3 is 3.00 bits per heavy atom. The molecule has 0 radical (unpaired) electrons. The molecule has 4 rings (SSSR count). The summed E-state index contributed by atoms with van der Waals surface area (Å²) < 4.78 is 6.91. The van der Waals surface area contributed by atoms with Gasteiger partial charge >= 0.3 is 5.97 Å². The highest BCUT2D eigenvalue weighted by atomic mass is 32.1. The summed E-state index contributed by atoms with van der Waals surface area (Å²) in [5.74, 6) is -0.102. The lowest BCUT2D eigenvalue weighted by Gasteiger charge is -2.34. The Balaban J connectivity index is 1.48. The van der Waals surface area contributed by atoms with Crippen molar-refractivity contribution >= 4 is 23.2 Å². The molecule has 0 saturated carbocycles. The smallest absolute Gasteiger partial charge is 0.314 e. The van der Waals surface area contributed by atoms with Gasteiger partial charge in [0.25, 0.3) is 0 Å². The predicted molar refractivity (Wildman–Crippen MR) is 97.8 cm³/mol. The first-order valence-corrected chi connectivity index (χ1v) is 10.2. The van der Waals surface area contributed by atoms with Crippen LogP contribution in [0.5, 0.6) is 0 Å². The molecule has 27 heavy (non-hydrogen) atoms. The Kier molecular flexibility index (Phi) is 4.94. The van der Waals surface area contributed by atoms with Crippen molar-refractivity contribution in [2.75, 3.05) is 7.11 Å². The lowest BCUT2D eigenvalue weighted by atomic mass is 9.71. The third-order valence-corrected chi connectivity index (χ3v) is 6.48. The fraction of sp³-hybridized carbons (Fsp3) is 0.611. The lowest BCUT2D eigenvalue weighted by Crippen LogP contribution is -2.47. The SMILES string of the molecule is COC(=O)[C@@]1(Cc2cscn2)C[C@H]2CC[C@@H]1N2C(=O)CCCn1cncn1. The van der Waals surface area contributed by atoms with E-state index in [1.54, 1.807) is 16.5 Å². The zero-order valence-electron chi connectivity index (χ0n) is 15.3. The van der Waals surface area contributed by atoms with Crippen molar-refractivity contribution in [2.45, 2.75) is 57.2 Å². The van der Waals surface area contributed by atoms with Crippen LogP contribution in [0.4, 0.5) is 0 Å². The molecule has 2 aromatic rings. The van der Waals surface area contributed by atoms with Crippen LogP contribution in [0.15, 0.2) is 23.5 Å². The van der Waals surface area contributed by atoms with Gasteiger partial charge in [0, 0.05) is 36.9 Å². The van der Waals surface area contributed by atoms with E-state index in [1.807, 2.05) is 10.3 Å². The first-order chi connectivity index (χ1) is 13.1. The first kappa shape index (κ1) is 18.1. The number of carbonyl (C=O) groups excluding carboxylic acids is 2. The van der Waals surface area contributed by atoms with E-state index in [-0.39, 0.29) is 24.0 Å². The van der Waals surface area contributed by atoms with Gasteiger partial charge in [0.2, 0.25) is 5.91 Å². The number of rotatable bonds is 7. The number of nitrogens with zero attached hydrogens (tertiary/aromatic N) is 5. The Hall–Kier alpha value is -2.29. The Bertz CT molecular complexity index is 794. The number of hydrogen-bond donors (Lipinski definition) is 0. The van der Waals surface area contributed by atoms with E-state index in [4.69, 9.17) is 4.74 Å². The number of methoxy groups -OCH3 is 1. The third kappa shape index (κ3) is 3.24. The maximum Gasteiger partial charge on any atom is 0.314 e. The van der Waals surface area contributed by atoms with Crippen molar-refractivity contribution in [3.63, 3.8) is 0 Å². The molecule has 0 N–H and O–H groups in total. The van der Waals surface area contributed by atoms with Crippen LogP contribution in [0.3, 0.4) is 0 Å². The number of ether oxygens (including phenoxy) is 1. The van der Waals surface area contributed by atoms with E-state index < -0.39 is 5.41 Å². The molecule has 2 aromatic heterocycles. The maximum absolute atomic E-state index is 13.0. The molecule has 3 atom stereocenters. The highest BCUT2D eigenvalue weighted by Gasteiger charge is 2.61. The number of aromatic nitrogens is 4. The highest BCUT2D eigenvalue weighted by Crippen LogP contribution is 2.52. The van der Waals surface area contributed by atoms with Gasteiger partial charge in [0.1, 0.15) is 12.7 Å². The Morgan fingerprint density at radius 1 is 1.41 bits per heavy atom. The quantitative estimate of drug-likeness (QED) is 0.669. The maximum atomic E-state index is 13.0. The topological polar surface area (TPSA) is 90.2 Å². The molecule has 2 aliphatic heterocycles. The van der Waals surface area contributed by atoms with Gasteiger partial charge in [-0.3, -0.25) is 14.3 Å². The zero-order chi connectivity index (χ0) is 18.9. The van der Waals surface area contributed by atoms with Gasteiger partial charge in [0.15, 0.2) is 0 Å². The Labute approximate surface area is 161 Å². The highest BCUT2D eigenvalue weighted by molar-refractivity contribution is 7.07. The minimum atomic E-state index is -0.673. The molecule has 9 heteroatoms. The Morgan fingerprint density at radius 2 is 2.30 bits per heavy atom. The van der Waals surface area contributed by atoms with E-state index in [9.17, 15) is 9.59 Å². The summed E-state index contributed by atoms with van der Waals surface area (Å²) in [6.07, 6.45) is 7.29. The monoisotopic (exact) mass is 389 g/mol. The summed E-state index contributed by atoms with van der Waals surface area (Å²) in [5, 5.41) is 6.04. The fourth-order valence-corrected chi connectivity index (χ4v) is 5.32. The van der Waals surface area contributed by atoms with Gasteiger partial charge < -0.3 is 9.64 Å². The zero-order valence-corrected chi connectivity index (χ0v) is 16.1. The van der Waals surface area contributed by atoms with Crippen LogP contribution in [0, 0.1) is 5.41 Å². The van der Waals surface area contributed by atoms with E-state index in [1.165, 1.54) is 24.8 Å². The number of carbonyl (C=O) groups is 2. The molecule has 2 saturated heterocycles. The molecule has 2 bridgehead atoms. The van der Waals surface area contributed by atoms with Crippen molar-refractivity contribution in [3.05, 3.63) is 29.2 Å². The lowest BCUT2D eigenvalue weighted by molar-refractivity contribution is -0.155. The van der Waals surface area contributed by atoms with Crippen LogP contribution in [-0.4, -0.2) is 55.7 Å². The second kappa shape index (κ2) is 7.38. The van der Waals surface area contributed by atoms with Crippen LogP contribution in [0.1, 0.15) is 37.8 Å². The number of thiazole rings is 1. The average Bonchev–Trinajstić information content (AvgIpc) is 3.45. The van der Waals surface area contributed by atoms with Gasteiger partial charge in [-0.15, -0.1) is 11.3 Å². The van der Waals surface area contributed by atoms with Crippen molar-refractivity contribution in [1.29, 1.82) is 0 Å². The van der Waals surface area contributed by atoms with Crippen LogP contribution in [0.25, 0.3) is 0 Å². The number of esters is 1. The summed E-state index contributed by atoms with van der Waals surface area (Å²) in [7, 11) is 1.43. The van der Waals surface area contributed by atoms with E-state index in [0.29, 0.717) is 32.2 Å². The molecular formula is C18H23N5O3S. The van der Waals surface area contributed by atoms with E-state index >= 15 is 0 Å². The molecule has 1 amide bonds. The van der Waals surface area contributed by atoms with Gasteiger partial charge in [-0.1, -0.05) is 0 Å². The minimum Gasteiger partial charge on any atom is -0.469 e. The summed E-state index contributed by atoms with van der Waals surface area (Å²) >= 11 is 1.52. The molecule has 4 heterocycles. The largest absolute Gasteiger partial charge is 0.469 e. The molecule has 0 spiro atoms. The molecule has 2 aliphatic rings.